The van der Waals surface area contributed by atoms with E-state index >= 15 is 0 Å². The minimum atomic E-state index is -1.07. The molecule has 29 heavy (non-hydrogen) atoms. The first-order valence-corrected chi connectivity index (χ1v) is 10.7. The average Bonchev–Trinajstić information content (AvgIpc) is 3.30. The monoisotopic (exact) mass is 426 g/mol. The van der Waals surface area contributed by atoms with Gasteiger partial charge in [-0.15, -0.1) is 22.7 Å². The summed E-state index contributed by atoms with van der Waals surface area (Å²) in [5, 5.41) is 14.7. The van der Waals surface area contributed by atoms with Gasteiger partial charge in [0, 0.05) is 17.0 Å². The van der Waals surface area contributed by atoms with Crippen LogP contribution < -0.4 is 5.32 Å². The summed E-state index contributed by atoms with van der Waals surface area (Å²) in [6.07, 6.45) is 0.449. The molecule has 0 atom stereocenters. The van der Waals surface area contributed by atoms with E-state index < -0.39 is 5.97 Å². The van der Waals surface area contributed by atoms with Gasteiger partial charge in [0.1, 0.15) is 5.00 Å². The standard InChI is InChI=1S/C21H18N2O4S2/c1-12-8-10-28-17(12)20(25)23-9-7-14-15(11-23)29-19(16(14)21(26)27)22-18(24)13-5-3-2-4-6-13/h2-6,8,10H,7,9,11H2,1H3,(H,22,24)(H,26,27). The molecular formula is C21H18N2O4S2. The van der Waals surface area contributed by atoms with E-state index in [1.807, 2.05) is 24.4 Å². The quantitative estimate of drug-likeness (QED) is 0.652. The number of rotatable bonds is 4. The molecule has 0 bridgehead atoms. The molecule has 2 N–H and O–H groups in total. The van der Waals surface area contributed by atoms with Crippen LogP contribution in [0.2, 0.25) is 0 Å². The fourth-order valence-electron chi connectivity index (χ4n) is 3.39. The summed E-state index contributed by atoms with van der Waals surface area (Å²) < 4.78 is 0. The number of nitrogens with one attached hydrogen (secondary N) is 1. The molecule has 8 heteroatoms. The summed E-state index contributed by atoms with van der Waals surface area (Å²) in [6.45, 7) is 2.70. The van der Waals surface area contributed by atoms with E-state index in [0.717, 1.165) is 10.4 Å². The SMILES string of the molecule is Cc1ccsc1C(=O)N1CCc2c(sc(NC(=O)c3ccccc3)c2C(=O)O)C1. The van der Waals surface area contributed by atoms with Gasteiger partial charge in [0.2, 0.25) is 0 Å². The lowest BCUT2D eigenvalue weighted by atomic mass is 10.0. The number of anilines is 1. The van der Waals surface area contributed by atoms with Gasteiger partial charge < -0.3 is 15.3 Å². The molecule has 0 spiro atoms. The van der Waals surface area contributed by atoms with Gasteiger partial charge in [-0.3, -0.25) is 9.59 Å². The van der Waals surface area contributed by atoms with Gasteiger partial charge in [0.15, 0.2) is 0 Å². The highest BCUT2D eigenvalue weighted by atomic mass is 32.1. The molecule has 1 aliphatic heterocycles. The van der Waals surface area contributed by atoms with Gasteiger partial charge in [-0.25, -0.2) is 4.79 Å². The minimum absolute atomic E-state index is 0.0386. The number of nitrogens with zero attached hydrogens (tertiary/aromatic N) is 1. The highest BCUT2D eigenvalue weighted by Crippen LogP contribution is 2.38. The lowest BCUT2D eigenvalue weighted by Gasteiger charge is -2.27. The molecule has 1 aromatic carbocycles. The molecule has 0 aliphatic carbocycles. The Morgan fingerprint density at radius 3 is 2.55 bits per heavy atom. The van der Waals surface area contributed by atoms with Crippen molar-refractivity contribution >= 4 is 45.5 Å². The molecule has 4 rings (SSSR count). The number of hydrogen-bond acceptors (Lipinski definition) is 5. The maximum absolute atomic E-state index is 12.8. The molecule has 0 unspecified atom stereocenters. The lowest BCUT2D eigenvalue weighted by Crippen LogP contribution is -2.35. The van der Waals surface area contributed by atoms with Crippen LogP contribution in [0.4, 0.5) is 5.00 Å². The fourth-order valence-corrected chi connectivity index (χ4v) is 5.53. The van der Waals surface area contributed by atoms with Crippen LogP contribution in [0.15, 0.2) is 41.8 Å². The first-order valence-electron chi connectivity index (χ1n) is 9.03. The molecule has 6 nitrogen and oxygen atoms in total. The van der Waals surface area contributed by atoms with Crippen molar-refractivity contribution in [3.05, 3.63) is 73.8 Å². The summed E-state index contributed by atoms with van der Waals surface area (Å²) in [7, 11) is 0. The van der Waals surface area contributed by atoms with Crippen LogP contribution in [0.5, 0.6) is 0 Å². The van der Waals surface area contributed by atoms with Crippen molar-refractivity contribution in [3.8, 4) is 0 Å². The third-order valence-corrected chi connectivity index (χ3v) is 7.01. The van der Waals surface area contributed by atoms with Crippen LogP contribution in [0, 0.1) is 6.92 Å². The van der Waals surface area contributed by atoms with Crippen molar-refractivity contribution in [1.29, 1.82) is 0 Å². The second-order valence-electron chi connectivity index (χ2n) is 6.74. The summed E-state index contributed by atoms with van der Waals surface area (Å²) in [6, 6.07) is 10.6. The molecule has 148 valence electrons. The van der Waals surface area contributed by atoms with Crippen molar-refractivity contribution < 1.29 is 19.5 Å². The first kappa shape index (κ1) is 19.4. The fraction of sp³-hybridized carbons (Fsp3) is 0.190. The van der Waals surface area contributed by atoms with E-state index in [-0.39, 0.29) is 17.4 Å². The van der Waals surface area contributed by atoms with E-state index in [9.17, 15) is 19.5 Å². The van der Waals surface area contributed by atoms with Crippen LogP contribution in [-0.4, -0.2) is 34.3 Å². The molecule has 3 heterocycles. The summed E-state index contributed by atoms with van der Waals surface area (Å²) in [5.74, 6) is -1.46. The van der Waals surface area contributed by atoms with Crippen LogP contribution in [0.3, 0.4) is 0 Å². The average molecular weight is 427 g/mol. The maximum Gasteiger partial charge on any atom is 0.339 e. The summed E-state index contributed by atoms with van der Waals surface area (Å²) >= 11 is 2.65. The van der Waals surface area contributed by atoms with Gasteiger partial charge in [0.05, 0.1) is 17.0 Å². The second kappa shape index (κ2) is 7.81. The van der Waals surface area contributed by atoms with Gasteiger partial charge in [0.25, 0.3) is 11.8 Å². The zero-order chi connectivity index (χ0) is 20.5. The van der Waals surface area contributed by atoms with Gasteiger partial charge >= 0.3 is 5.97 Å². The zero-order valence-electron chi connectivity index (χ0n) is 15.6. The first-order chi connectivity index (χ1) is 14.0. The number of hydrogen-bond donors (Lipinski definition) is 2. The number of thiophene rings is 2. The Bertz CT molecular complexity index is 1100. The van der Waals surface area contributed by atoms with Crippen LogP contribution >= 0.6 is 22.7 Å². The normalized spacial score (nSPS) is 13.1. The smallest absolute Gasteiger partial charge is 0.339 e. The molecule has 0 saturated heterocycles. The Morgan fingerprint density at radius 1 is 1.14 bits per heavy atom. The molecular weight excluding hydrogens is 408 g/mol. The predicted octanol–water partition coefficient (Wildman–Crippen LogP) is 4.27. The molecule has 0 radical (unpaired) electrons. The topological polar surface area (TPSA) is 86.7 Å². The Hall–Kier alpha value is -2.97. The number of carboxylic acid groups (broad SMARTS) is 1. The van der Waals surface area contributed by atoms with E-state index in [2.05, 4.69) is 5.32 Å². The second-order valence-corrected chi connectivity index (χ2v) is 8.76. The third-order valence-electron chi connectivity index (χ3n) is 4.88. The molecule has 2 amide bonds. The van der Waals surface area contributed by atoms with E-state index in [0.29, 0.717) is 40.5 Å². The highest BCUT2D eigenvalue weighted by Gasteiger charge is 2.31. The van der Waals surface area contributed by atoms with Gasteiger partial charge in [-0.2, -0.15) is 0 Å². The molecule has 2 aromatic heterocycles. The van der Waals surface area contributed by atoms with Gasteiger partial charge in [-0.1, -0.05) is 18.2 Å². The summed E-state index contributed by atoms with van der Waals surface area (Å²) in [4.78, 5) is 40.5. The number of fused-ring (bicyclic) bond motifs is 1. The Labute approximate surface area is 175 Å². The van der Waals surface area contributed by atoms with Crippen LogP contribution in [0.1, 0.15) is 46.4 Å². The molecule has 0 saturated carbocycles. The summed E-state index contributed by atoms with van der Waals surface area (Å²) in [5.41, 5.74) is 2.24. The molecule has 0 fully saturated rings. The maximum atomic E-state index is 12.8. The Morgan fingerprint density at radius 2 is 1.90 bits per heavy atom. The van der Waals surface area contributed by atoms with Crippen molar-refractivity contribution in [2.75, 3.05) is 11.9 Å². The van der Waals surface area contributed by atoms with Crippen LogP contribution in [0.25, 0.3) is 0 Å². The van der Waals surface area contributed by atoms with Crippen molar-refractivity contribution in [2.24, 2.45) is 0 Å². The Kier molecular flexibility index (Phi) is 5.21. The minimum Gasteiger partial charge on any atom is -0.478 e. The van der Waals surface area contributed by atoms with E-state index in [1.165, 1.54) is 22.7 Å². The number of carboxylic acids is 1. The number of carbonyl (C=O) groups is 3. The Balaban J connectivity index is 1.61. The number of benzene rings is 1. The number of aryl methyl sites for hydroxylation is 1. The van der Waals surface area contributed by atoms with Crippen LogP contribution in [-0.2, 0) is 13.0 Å². The van der Waals surface area contributed by atoms with E-state index in [1.54, 1.807) is 29.2 Å². The van der Waals surface area contributed by atoms with E-state index in [4.69, 9.17) is 0 Å². The number of amides is 2. The molecule has 3 aromatic rings. The highest BCUT2D eigenvalue weighted by molar-refractivity contribution is 7.17. The van der Waals surface area contributed by atoms with Crippen molar-refractivity contribution in [1.82, 2.24) is 4.90 Å². The van der Waals surface area contributed by atoms with Crippen molar-refractivity contribution in [3.63, 3.8) is 0 Å². The number of aromatic carboxylic acids is 1. The number of carbonyl (C=O) groups excluding carboxylic acids is 2. The predicted molar refractivity (Wildman–Crippen MR) is 113 cm³/mol. The third kappa shape index (κ3) is 3.68. The molecule has 1 aliphatic rings. The largest absolute Gasteiger partial charge is 0.478 e. The lowest BCUT2D eigenvalue weighted by molar-refractivity contribution is 0.0696. The van der Waals surface area contributed by atoms with Crippen molar-refractivity contribution in [2.45, 2.75) is 19.9 Å². The van der Waals surface area contributed by atoms with Gasteiger partial charge in [-0.05, 0) is 48.1 Å². The zero-order valence-corrected chi connectivity index (χ0v) is 17.2.